The molecule has 8 nitrogen and oxygen atoms in total. The van der Waals surface area contributed by atoms with E-state index < -0.39 is 21.1 Å². The predicted molar refractivity (Wildman–Crippen MR) is 108 cm³/mol. The Labute approximate surface area is 173 Å². The molecule has 1 fully saturated rings. The van der Waals surface area contributed by atoms with Gasteiger partial charge >= 0.3 is 0 Å². The molecule has 2 heterocycles. The fourth-order valence-corrected chi connectivity index (χ4v) is 4.27. The summed E-state index contributed by atoms with van der Waals surface area (Å²) >= 11 is 11.7. The Hall–Kier alpha value is -1.65. The number of benzene rings is 1. The van der Waals surface area contributed by atoms with E-state index in [4.69, 9.17) is 27.9 Å². The summed E-state index contributed by atoms with van der Waals surface area (Å²) in [4.78, 5) is 12.5. The minimum absolute atomic E-state index is 0.0897. The normalized spacial score (nSPS) is 16.1. The molecule has 3 rings (SSSR count). The van der Waals surface area contributed by atoms with Crippen molar-refractivity contribution in [2.75, 3.05) is 32.6 Å². The van der Waals surface area contributed by atoms with Crippen LogP contribution in [0.4, 0.5) is 5.69 Å². The highest BCUT2D eigenvalue weighted by molar-refractivity contribution is 7.89. The van der Waals surface area contributed by atoms with Crippen LogP contribution >= 0.6 is 23.2 Å². The Kier molecular flexibility index (Phi) is 5.75. The lowest BCUT2D eigenvalue weighted by atomic mass is 9.96. The molecule has 28 heavy (non-hydrogen) atoms. The van der Waals surface area contributed by atoms with Gasteiger partial charge < -0.3 is 10.1 Å². The van der Waals surface area contributed by atoms with E-state index in [0.717, 1.165) is 0 Å². The van der Waals surface area contributed by atoms with Gasteiger partial charge in [-0.25, -0.2) is 17.4 Å². The summed E-state index contributed by atoms with van der Waals surface area (Å²) < 4.78 is 32.8. The van der Waals surface area contributed by atoms with Crippen molar-refractivity contribution in [1.29, 1.82) is 0 Å². The molecule has 0 unspecified atom stereocenters. The fraction of sp³-hybridized carbons (Fsp3) is 0.412. The van der Waals surface area contributed by atoms with Crippen LogP contribution in [0.2, 0.25) is 10.0 Å². The second-order valence-corrected chi connectivity index (χ2v) is 9.84. The van der Waals surface area contributed by atoms with Crippen LogP contribution in [-0.2, 0) is 21.3 Å². The van der Waals surface area contributed by atoms with Gasteiger partial charge in [0.05, 0.1) is 35.9 Å². The Bertz CT molecular complexity index is 1070. The quantitative estimate of drug-likeness (QED) is 0.728. The summed E-state index contributed by atoms with van der Waals surface area (Å²) in [5.74, 6) is 0. The number of aryl methyl sites for hydroxylation is 1. The smallest absolute Gasteiger partial charge is 0.287 e. The molecule has 0 bridgehead atoms. The molecule has 0 aliphatic carbocycles. The first-order valence-electron chi connectivity index (χ1n) is 8.36. The first-order valence-corrected chi connectivity index (χ1v) is 10.6. The zero-order valence-corrected chi connectivity index (χ0v) is 17.9. The lowest BCUT2D eigenvalue weighted by Gasteiger charge is -2.42. The lowest BCUT2D eigenvalue weighted by molar-refractivity contribution is -0.0513. The average Bonchev–Trinajstić information content (AvgIpc) is 2.61. The summed E-state index contributed by atoms with van der Waals surface area (Å²) in [6.07, 6.45) is 1.31. The highest BCUT2D eigenvalue weighted by Gasteiger charge is 2.40. The van der Waals surface area contributed by atoms with Crippen molar-refractivity contribution < 1.29 is 13.2 Å². The lowest BCUT2D eigenvalue weighted by Crippen LogP contribution is -2.59. The van der Waals surface area contributed by atoms with Crippen molar-refractivity contribution in [2.45, 2.75) is 23.9 Å². The zero-order chi connectivity index (χ0) is 20.7. The number of aromatic nitrogens is 2. The molecule has 0 saturated carbocycles. The summed E-state index contributed by atoms with van der Waals surface area (Å²) in [6.45, 7) is 2.57. The molecule has 0 radical (unpaired) electrons. The number of sulfonamides is 1. The van der Waals surface area contributed by atoms with E-state index in [2.05, 4.69) is 10.4 Å². The maximum absolute atomic E-state index is 12.6. The van der Waals surface area contributed by atoms with Crippen molar-refractivity contribution in [3.63, 3.8) is 0 Å². The van der Waals surface area contributed by atoms with Gasteiger partial charge in [0, 0.05) is 19.8 Å². The second kappa shape index (κ2) is 7.64. The molecule has 1 saturated heterocycles. The molecule has 2 aromatic rings. The van der Waals surface area contributed by atoms with E-state index in [9.17, 15) is 13.2 Å². The molecule has 0 spiro atoms. The first-order chi connectivity index (χ1) is 13.1. The van der Waals surface area contributed by atoms with Gasteiger partial charge in [0.2, 0.25) is 10.0 Å². The van der Waals surface area contributed by atoms with Crippen LogP contribution in [-0.4, -0.2) is 55.4 Å². The van der Waals surface area contributed by atoms with Crippen molar-refractivity contribution >= 4 is 38.9 Å². The summed E-state index contributed by atoms with van der Waals surface area (Å²) in [5, 5.41) is 7.32. The number of anilines is 1. The van der Waals surface area contributed by atoms with Crippen LogP contribution < -0.4 is 10.9 Å². The molecule has 1 aromatic heterocycles. The SMILES string of the molecule is Cc1ccc(NC2(Cn3ncc(Cl)c(Cl)c3=O)COC2)cc1S(=O)(=O)N(C)C. The molecule has 1 aliphatic heterocycles. The fourth-order valence-electron chi connectivity index (χ4n) is 2.85. The highest BCUT2D eigenvalue weighted by Crippen LogP contribution is 2.28. The molecule has 11 heteroatoms. The first kappa shape index (κ1) is 21.1. The largest absolute Gasteiger partial charge is 0.376 e. The van der Waals surface area contributed by atoms with E-state index in [1.807, 2.05) is 0 Å². The molecule has 152 valence electrons. The third kappa shape index (κ3) is 3.90. The van der Waals surface area contributed by atoms with Gasteiger partial charge in [-0.05, 0) is 24.6 Å². The summed E-state index contributed by atoms with van der Waals surface area (Å²) in [6, 6.07) is 5.10. The Morgan fingerprint density at radius 1 is 1.32 bits per heavy atom. The number of nitrogens with one attached hydrogen (secondary N) is 1. The van der Waals surface area contributed by atoms with Crippen molar-refractivity contribution in [1.82, 2.24) is 14.1 Å². The number of halogens is 2. The van der Waals surface area contributed by atoms with Gasteiger partial charge in [-0.2, -0.15) is 5.10 Å². The molecule has 0 atom stereocenters. The van der Waals surface area contributed by atoms with E-state index in [1.54, 1.807) is 25.1 Å². The molecular formula is C17H20Cl2N4O4S. The van der Waals surface area contributed by atoms with Gasteiger partial charge in [0.1, 0.15) is 10.6 Å². The number of nitrogens with zero attached hydrogens (tertiary/aromatic N) is 3. The number of hydrogen-bond acceptors (Lipinski definition) is 6. The topological polar surface area (TPSA) is 93.5 Å². The molecule has 0 amide bonds. The van der Waals surface area contributed by atoms with Gasteiger partial charge in [-0.3, -0.25) is 4.79 Å². The van der Waals surface area contributed by atoms with Crippen molar-refractivity contribution in [3.05, 3.63) is 50.4 Å². The standard InChI is InChI=1S/C17H20Cl2N4O4S/c1-11-4-5-12(6-14(11)28(25,26)22(2)3)21-17(9-27-10-17)8-23-16(24)15(19)13(18)7-20-23/h4-7,21H,8-10H2,1-3H3. The van der Waals surface area contributed by atoms with Crippen LogP contribution in [0.5, 0.6) is 0 Å². The van der Waals surface area contributed by atoms with Crippen LogP contribution in [0.15, 0.2) is 34.1 Å². The van der Waals surface area contributed by atoms with Crippen LogP contribution in [0.25, 0.3) is 0 Å². The minimum atomic E-state index is -3.59. The maximum atomic E-state index is 12.6. The number of hydrogen-bond donors (Lipinski definition) is 1. The molecular weight excluding hydrogens is 427 g/mol. The minimum Gasteiger partial charge on any atom is -0.376 e. The van der Waals surface area contributed by atoms with E-state index in [-0.39, 0.29) is 21.5 Å². The summed E-state index contributed by atoms with van der Waals surface area (Å²) in [5.41, 5.74) is 0.118. The third-order valence-electron chi connectivity index (χ3n) is 4.51. The van der Waals surface area contributed by atoms with E-state index >= 15 is 0 Å². The predicted octanol–water partition coefficient (Wildman–Crippen LogP) is 1.99. The van der Waals surface area contributed by atoms with Crippen LogP contribution in [0.3, 0.4) is 0 Å². The number of ether oxygens (including phenoxy) is 1. The van der Waals surface area contributed by atoms with Crippen molar-refractivity contribution in [2.24, 2.45) is 0 Å². The van der Waals surface area contributed by atoms with Gasteiger partial charge in [-0.15, -0.1) is 0 Å². The molecule has 1 aliphatic rings. The summed E-state index contributed by atoms with van der Waals surface area (Å²) in [7, 11) is -0.619. The second-order valence-electron chi connectivity index (χ2n) is 6.94. The Morgan fingerprint density at radius 3 is 2.57 bits per heavy atom. The molecule has 1 N–H and O–H groups in total. The highest BCUT2D eigenvalue weighted by atomic mass is 35.5. The van der Waals surface area contributed by atoms with Gasteiger partial charge in [0.15, 0.2) is 0 Å². The maximum Gasteiger partial charge on any atom is 0.287 e. The third-order valence-corrected chi connectivity index (χ3v) is 7.21. The average molecular weight is 447 g/mol. The Balaban J connectivity index is 1.92. The van der Waals surface area contributed by atoms with E-state index in [0.29, 0.717) is 24.5 Å². The zero-order valence-electron chi connectivity index (χ0n) is 15.6. The monoisotopic (exact) mass is 446 g/mol. The van der Waals surface area contributed by atoms with Gasteiger partial charge in [0.25, 0.3) is 5.56 Å². The number of rotatable bonds is 6. The van der Waals surface area contributed by atoms with Crippen molar-refractivity contribution in [3.8, 4) is 0 Å². The van der Waals surface area contributed by atoms with Gasteiger partial charge in [-0.1, -0.05) is 29.3 Å². The Morgan fingerprint density at radius 2 is 2.00 bits per heavy atom. The molecule has 1 aromatic carbocycles. The van der Waals surface area contributed by atoms with Crippen LogP contribution in [0.1, 0.15) is 5.56 Å². The van der Waals surface area contributed by atoms with Crippen LogP contribution in [0, 0.1) is 6.92 Å². The van der Waals surface area contributed by atoms with E-state index in [1.165, 1.54) is 29.3 Å².